The van der Waals surface area contributed by atoms with Crippen molar-refractivity contribution in [3.05, 3.63) is 20.8 Å². The summed E-state index contributed by atoms with van der Waals surface area (Å²) < 4.78 is 15.8. The van der Waals surface area contributed by atoms with E-state index in [2.05, 4.69) is 26.0 Å². The molecule has 0 aliphatic carbocycles. The van der Waals surface area contributed by atoms with Crippen LogP contribution in [0.25, 0.3) is 0 Å². The predicted octanol–water partition coefficient (Wildman–Crippen LogP) is 3.62. The zero-order valence-electron chi connectivity index (χ0n) is 9.33. The average molecular weight is 310 g/mol. The van der Waals surface area contributed by atoms with Crippen molar-refractivity contribution < 1.29 is 4.21 Å². The van der Waals surface area contributed by atoms with E-state index in [1.54, 1.807) is 11.3 Å². The molecule has 1 heterocycles. The predicted molar refractivity (Wildman–Crippen MR) is 71.5 cm³/mol. The third-order valence-electron chi connectivity index (χ3n) is 1.95. The molecule has 1 aromatic rings. The van der Waals surface area contributed by atoms with Gasteiger partial charge in [-0.1, -0.05) is 0 Å². The largest absolute Gasteiger partial charge is 0.242 e. The Morgan fingerprint density at radius 1 is 1.47 bits per heavy atom. The van der Waals surface area contributed by atoms with E-state index in [0.717, 1.165) is 10.0 Å². The van der Waals surface area contributed by atoms with Crippen LogP contribution in [0.1, 0.15) is 39.3 Å². The summed E-state index contributed by atoms with van der Waals surface area (Å²) in [7, 11) is -1.03. The SMILES string of the molecule is C[C@@H](N[S@@](=O)C(C)(C)C)c1cscc1Br. The van der Waals surface area contributed by atoms with E-state index in [1.807, 2.05) is 33.1 Å². The molecule has 1 N–H and O–H groups in total. The van der Waals surface area contributed by atoms with Crippen molar-refractivity contribution in [3.8, 4) is 0 Å². The topological polar surface area (TPSA) is 29.1 Å². The van der Waals surface area contributed by atoms with Crippen LogP contribution in [0.3, 0.4) is 0 Å². The number of halogens is 1. The molecule has 2 atom stereocenters. The molecular weight excluding hydrogens is 294 g/mol. The minimum absolute atomic E-state index is 0.102. The van der Waals surface area contributed by atoms with Gasteiger partial charge in [0, 0.05) is 15.9 Å². The Balaban J connectivity index is 2.69. The Hall–Kier alpha value is 0.290. The van der Waals surface area contributed by atoms with E-state index >= 15 is 0 Å². The lowest BCUT2D eigenvalue weighted by molar-refractivity contribution is 0.616. The molecule has 0 aromatic carbocycles. The first-order valence-electron chi connectivity index (χ1n) is 4.72. The highest BCUT2D eigenvalue weighted by Gasteiger charge is 2.22. The monoisotopic (exact) mass is 309 g/mol. The van der Waals surface area contributed by atoms with Crippen LogP contribution >= 0.6 is 27.3 Å². The summed E-state index contributed by atoms with van der Waals surface area (Å²) in [5, 5.41) is 4.11. The fourth-order valence-electron chi connectivity index (χ4n) is 1.00. The van der Waals surface area contributed by atoms with Gasteiger partial charge < -0.3 is 0 Å². The third-order valence-corrected chi connectivity index (χ3v) is 5.38. The summed E-state index contributed by atoms with van der Waals surface area (Å²) in [6.07, 6.45) is 0. The molecule has 5 heteroatoms. The Morgan fingerprint density at radius 3 is 2.47 bits per heavy atom. The standard InChI is InChI=1S/C10H16BrNOS2/c1-7(8-5-14-6-9(8)11)12-15(13)10(2,3)4/h5-7,12H,1-4H3/t7-,15+/m1/s1. The first-order valence-corrected chi connectivity index (χ1v) is 7.60. The quantitative estimate of drug-likeness (QED) is 0.907. The van der Waals surface area contributed by atoms with Crippen LogP contribution in [0.2, 0.25) is 0 Å². The lowest BCUT2D eigenvalue weighted by Crippen LogP contribution is -2.34. The van der Waals surface area contributed by atoms with Crippen LogP contribution in [-0.4, -0.2) is 8.96 Å². The number of nitrogens with one attached hydrogen (secondary N) is 1. The number of hydrogen-bond acceptors (Lipinski definition) is 2. The van der Waals surface area contributed by atoms with Gasteiger partial charge in [-0.2, -0.15) is 11.3 Å². The van der Waals surface area contributed by atoms with Crippen molar-refractivity contribution in [2.45, 2.75) is 38.5 Å². The summed E-state index contributed by atoms with van der Waals surface area (Å²) in [6.45, 7) is 7.92. The molecule has 0 spiro atoms. The Labute approximate surface area is 106 Å². The van der Waals surface area contributed by atoms with Crippen molar-refractivity contribution in [1.29, 1.82) is 0 Å². The van der Waals surface area contributed by atoms with Crippen LogP contribution in [0.5, 0.6) is 0 Å². The average Bonchev–Trinajstić information content (AvgIpc) is 2.49. The highest BCUT2D eigenvalue weighted by atomic mass is 79.9. The van der Waals surface area contributed by atoms with Gasteiger partial charge in [-0.25, -0.2) is 8.93 Å². The molecule has 0 fully saturated rings. The molecule has 86 valence electrons. The maximum Gasteiger partial charge on any atom is 0.0975 e. The van der Waals surface area contributed by atoms with Crippen LogP contribution in [0, 0.1) is 0 Å². The Morgan fingerprint density at radius 2 is 2.07 bits per heavy atom. The van der Waals surface area contributed by atoms with Gasteiger partial charge in [-0.15, -0.1) is 0 Å². The molecule has 0 amide bonds. The second-order valence-electron chi connectivity index (χ2n) is 4.40. The minimum Gasteiger partial charge on any atom is -0.242 e. The number of hydrogen-bond donors (Lipinski definition) is 1. The number of thiophene rings is 1. The van der Waals surface area contributed by atoms with Gasteiger partial charge in [0.15, 0.2) is 0 Å². The van der Waals surface area contributed by atoms with Gasteiger partial charge in [0.25, 0.3) is 0 Å². The van der Waals surface area contributed by atoms with E-state index in [4.69, 9.17) is 0 Å². The Bertz CT molecular complexity index is 357. The summed E-state index contributed by atoms with van der Waals surface area (Å²) in [5.41, 5.74) is 1.16. The molecule has 2 nitrogen and oxygen atoms in total. The molecule has 0 aliphatic rings. The van der Waals surface area contributed by atoms with E-state index < -0.39 is 11.0 Å². The summed E-state index contributed by atoms with van der Waals surface area (Å²) in [4.78, 5) is 0. The lowest BCUT2D eigenvalue weighted by Gasteiger charge is -2.21. The highest BCUT2D eigenvalue weighted by molar-refractivity contribution is 9.10. The molecule has 1 rings (SSSR count). The van der Waals surface area contributed by atoms with Gasteiger partial charge in [0.05, 0.1) is 15.7 Å². The second-order valence-corrected chi connectivity index (χ2v) is 7.99. The number of rotatable bonds is 3. The van der Waals surface area contributed by atoms with E-state index in [1.165, 1.54) is 0 Å². The molecule has 15 heavy (non-hydrogen) atoms. The van der Waals surface area contributed by atoms with Crippen molar-refractivity contribution >= 4 is 38.3 Å². The lowest BCUT2D eigenvalue weighted by atomic mass is 10.2. The third kappa shape index (κ3) is 3.66. The Kier molecular flexibility index (Phi) is 4.52. The van der Waals surface area contributed by atoms with Crippen LogP contribution in [-0.2, 0) is 11.0 Å². The second kappa shape index (κ2) is 5.08. The summed E-state index contributed by atoms with van der Waals surface area (Å²) >= 11 is 5.12. The fourth-order valence-corrected chi connectivity index (χ4v) is 3.54. The van der Waals surface area contributed by atoms with Gasteiger partial charge >= 0.3 is 0 Å². The van der Waals surface area contributed by atoms with Crippen LogP contribution < -0.4 is 4.72 Å². The smallest absolute Gasteiger partial charge is 0.0975 e. The first-order chi connectivity index (χ1) is 6.82. The summed E-state index contributed by atoms with van der Waals surface area (Å²) in [5.74, 6) is 0. The van der Waals surface area contributed by atoms with Crippen molar-refractivity contribution in [2.75, 3.05) is 0 Å². The fraction of sp³-hybridized carbons (Fsp3) is 0.600. The minimum atomic E-state index is -1.03. The van der Waals surface area contributed by atoms with Gasteiger partial charge in [-0.3, -0.25) is 0 Å². The van der Waals surface area contributed by atoms with Crippen LogP contribution in [0.15, 0.2) is 15.2 Å². The van der Waals surface area contributed by atoms with Gasteiger partial charge in [0.1, 0.15) is 0 Å². The van der Waals surface area contributed by atoms with Crippen molar-refractivity contribution in [3.63, 3.8) is 0 Å². The van der Waals surface area contributed by atoms with E-state index in [-0.39, 0.29) is 10.8 Å². The maximum absolute atomic E-state index is 11.9. The first kappa shape index (κ1) is 13.4. The molecule has 0 radical (unpaired) electrons. The normalized spacial score (nSPS) is 16.3. The zero-order chi connectivity index (χ0) is 11.6. The highest BCUT2D eigenvalue weighted by Crippen LogP contribution is 2.27. The van der Waals surface area contributed by atoms with Crippen molar-refractivity contribution in [1.82, 2.24) is 4.72 Å². The van der Waals surface area contributed by atoms with Gasteiger partial charge in [-0.05, 0) is 54.6 Å². The zero-order valence-corrected chi connectivity index (χ0v) is 12.6. The summed E-state index contributed by atoms with van der Waals surface area (Å²) in [6, 6.07) is 0.102. The molecule has 0 bridgehead atoms. The molecule has 0 saturated carbocycles. The molecule has 0 saturated heterocycles. The van der Waals surface area contributed by atoms with Crippen molar-refractivity contribution in [2.24, 2.45) is 0 Å². The molecule has 1 aromatic heterocycles. The van der Waals surface area contributed by atoms with Gasteiger partial charge in [0.2, 0.25) is 0 Å². The van der Waals surface area contributed by atoms with E-state index in [9.17, 15) is 4.21 Å². The van der Waals surface area contributed by atoms with Crippen LogP contribution in [0.4, 0.5) is 0 Å². The molecular formula is C10H16BrNOS2. The maximum atomic E-state index is 11.9. The molecule has 0 unspecified atom stereocenters. The van der Waals surface area contributed by atoms with E-state index in [0.29, 0.717) is 0 Å². The molecule has 0 aliphatic heterocycles.